The van der Waals surface area contributed by atoms with Crippen LogP contribution < -0.4 is 5.73 Å². The molecule has 0 aromatic heterocycles. The smallest absolute Gasteiger partial charge is 0.0133 e. The van der Waals surface area contributed by atoms with Crippen molar-refractivity contribution in [2.75, 3.05) is 0 Å². The molecule has 1 aromatic carbocycles. The third-order valence-corrected chi connectivity index (χ3v) is 4.62. The van der Waals surface area contributed by atoms with Gasteiger partial charge in [0.25, 0.3) is 0 Å². The first kappa shape index (κ1) is 11.0. The Kier molecular flexibility index (Phi) is 3.08. The summed E-state index contributed by atoms with van der Waals surface area (Å²) in [5, 5.41) is 0.750. The van der Waals surface area contributed by atoms with E-state index in [4.69, 9.17) is 5.73 Å². The quantitative estimate of drug-likeness (QED) is 0.830. The maximum atomic E-state index is 5.81. The Balaban J connectivity index is 2.14. The Labute approximate surface area is 96.4 Å². The fourth-order valence-corrected chi connectivity index (χ4v) is 3.73. The molecule has 0 bridgehead atoms. The van der Waals surface area contributed by atoms with E-state index in [0.29, 0.717) is 6.04 Å². The van der Waals surface area contributed by atoms with Crippen molar-refractivity contribution >= 4 is 11.8 Å². The van der Waals surface area contributed by atoms with E-state index in [1.165, 1.54) is 34.4 Å². The molecule has 82 valence electrons. The molecule has 1 saturated carbocycles. The predicted octanol–water partition coefficient (Wildman–Crippen LogP) is 3.19. The van der Waals surface area contributed by atoms with E-state index >= 15 is 0 Å². The molecule has 0 atom stereocenters. The van der Waals surface area contributed by atoms with Crippen LogP contribution in [0.2, 0.25) is 0 Å². The highest BCUT2D eigenvalue weighted by molar-refractivity contribution is 8.00. The zero-order chi connectivity index (χ0) is 11.0. The largest absolute Gasteiger partial charge is 0.328 e. The van der Waals surface area contributed by atoms with Gasteiger partial charge in [0.1, 0.15) is 0 Å². The number of hydrogen-bond donors (Lipinski definition) is 1. The van der Waals surface area contributed by atoms with Gasteiger partial charge in [0.05, 0.1) is 0 Å². The van der Waals surface area contributed by atoms with Crippen LogP contribution in [0.5, 0.6) is 0 Å². The lowest BCUT2D eigenvalue weighted by Gasteiger charge is -2.32. The highest BCUT2D eigenvalue weighted by atomic mass is 32.2. The van der Waals surface area contributed by atoms with Gasteiger partial charge in [0, 0.05) is 16.2 Å². The van der Waals surface area contributed by atoms with Gasteiger partial charge in [-0.3, -0.25) is 0 Å². The van der Waals surface area contributed by atoms with Gasteiger partial charge in [0.15, 0.2) is 0 Å². The second-order valence-corrected chi connectivity index (χ2v) is 6.01. The topological polar surface area (TPSA) is 26.0 Å². The Morgan fingerprint density at radius 3 is 2.13 bits per heavy atom. The molecule has 0 aliphatic heterocycles. The van der Waals surface area contributed by atoms with E-state index in [0.717, 1.165) is 5.25 Å². The third kappa shape index (κ3) is 2.37. The van der Waals surface area contributed by atoms with Crippen molar-refractivity contribution in [3.8, 4) is 0 Å². The van der Waals surface area contributed by atoms with E-state index < -0.39 is 0 Å². The summed E-state index contributed by atoms with van der Waals surface area (Å²) in [5.74, 6) is 0. The molecular weight excluding hydrogens is 202 g/mol. The van der Waals surface area contributed by atoms with E-state index in [9.17, 15) is 0 Å². The lowest BCUT2D eigenvalue weighted by Crippen LogP contribution is -2.38. The Morgan fingerprint density at radius 1 is 1.13 bits per heavy atom. The molecule has 1 aliphatic carbocycles. The molecule has 1 aliphatic rings. The molecule has 1 aromatic rings. The summed E-state index contributed by atoms with van der Waals surface area (Å²) in [4.78, 5) is 1.47. The fraction of sp³-hybridized carbons (Fsp3) is 0.538. The first-order valence-corrected chi connectivity index (χ1v) is 6.44. The molecule has 0 amide bonds. The molecule has 1 fully saturated rings. The van der Waals surface area contributed by atoms with Crippen molar-refractivity contribution in [3.63, 3.8) is 0 Å². The van der Waals surface area contributed by atoms with Crippen LogP contribution in [0.3, 0.4) is 0 Å². The number of thioether (sulfide) groups is 1. The van der Waals surface area contributed by atoms with Gasteiger partial charge in [-0.15, -0.1) is 11.8 Å². The maximum absolute atomic E-state index is 5.81. The van der Waals surface area contributed by atoms with Crippen LogP contribution in [0.4, 0.5) is 0 Å². The third-order valence-electron chi connectivity index (χ3n) is 3.02. The van der Waals surface area contributed by atoms with Gasteiger partial charge in [0.2, 0.25) is 0 Å². The Morgan fingerprint density at radius 2 is 1.67 bits per heavy atom. The maximum Gasteiger partial charge on any atom is 0.0133 e. The highest BCUT2D eigenvalue weighted by Gasteiger charge is 2.27. The summed E-state index contributed by atoms with van der Waals surface area (Å²) in [7, 11) is 0. The molecule has 0 spiro atoms. The standard InChI is InChI=1S/C13H19NS/c1-8-4-9(2)13(10(3)5-8)15-12-6-11(14)7-12/h4-5,11-12H,6-7,14H2,1-3H3. The van der Waals surface area contributed by atoms with Crippen molar-refractivity contribution in [2.45, 2.75) is 49.8 Å². The first-order valence-electron chi connectivity index (χ1n) is 5.56. The second-order valence-electron chi connectivity index (χ2n) is 4.70. The molecule has 0 unspecified atom stereocenters. The summed E-state index contributed by atoms with van der Waals surface area (Å²) >= 11 is 2.02. The molecule has 2 heteroatoms. The van der Waals surface area contributed by atoms with Crippen molar-refractivity contribution in [3.05, 3.63) is 28.8 Å². The predicted molar refractivity (Wildman–Crippen MR) is 67.5 cm³/mol. The zero-order valence-corrected chi connectivity index (χ0v) is 10.5. The van der Waals surface area contributed by atoms with Crippen molar-refractivity contribution in [1.29, 1.82) is 0 Å². The van der Waals surface area contributed by atoms with Crippen molar-refractivity contribution in [1.82, 2.24) is 0 Å². The fourth-order valence-electron chi connectivity index (χ4n) is 2.22. The summed E-state index contributed by atoms with van der Waals surface area (Å²) in [5.41, 5.74) is 10.00. The molecule has 1 nitrogen and oxygen atoms in total. The van der Waals surface area contributed by atoms with Gasteiger partial charge in [-0.2, -0.15) is 0 Å². The Hall–Kier alpha value is -0.470. The number of nitrogens with two attached hydrogens (primary N) is 1. The lowest BCUT2D eigenvalue weighted by molar-refractivity contribution is 0.432. The first-order chi connectivity index (χ1) is 7.06. The average Bonchev–Trinajstić information content (AvgIpc) is 2.07. The molecule has 0 saturated heterocycles. The molecule has 2 N–H and O–H groups in total. The van der Waals surface area contributed by atoms with Gasteiger partial charge in [-0.1, -0.05) is 17.7 Å². The van der Waals surface area contributed by atoms with Gasteiger partial charge < -0.3 is 5.73 Å². The summed E-state index contributed by atoms with van der Waals surface area (Å²) in [6, 6.07) is 5.00. The van der Waals surface area contributed by atoms with Crippen LogP contribution in [0.25, 0.3) is 0 Å². The second kappa shape index (κ2) is 4.18. The summed E-state index contributed by atoms with van der Waals surface area (Å²) in [6.07, 6.45) is 2.36. The van der Waals surface area contributed by atoms with E-state index in [2.05, 4.69) is 32.9 Å². The molecule has 2 rings (SSSR count). The van der Waals surface area contributed by atoms with E-state index in [1.807, 2.05) is 11.8 Å². The zero-order valence-electron chi connectivity index (χ0n) is 9.71. The summed E-state index contributed by atoms with van der Waals surface area (Å²) < 4.78 is 0. The minimum absolute atomic E-state index is 0.452. The average molecular weight is 221 g/mol. The summed E-state index contributed by atoms with van der Waals surface area (Å²) in [6.45, 7) is 6.58. The van der Waals surface area contributed by atoms with E-state index in [-0.39, 0.29) is 0 Å². The van der Waals surface area contributed by atoms with Crippen molar-refractivity contribution in [2.24, 2.45) is 5.73 Å². The van der Waals surface area contributed by atoms with Crippen LogP contribution in [0.15, 0.2) is 17.0 Å². The molecule has 0 heterocycles. The van der Waals surface area contributed by atoms with Crippen LogP contribution >= 0.6 is 11.8 Å². The molecular formula is C13H19NS. The highest BCUT2D eigenvalue weighted by Crippen LogP contribution is 2.39. The molecule has 0 radical (unpaired) electrons. The monoisotopic (exact) mass is 221 g/mol. The number of rotatable bonds is 2. The normalized spacial score (nSPS) is 25.1. The number of hydrogen-bond acceptors (Lipinski definition) is 2. The number of benzene rings is 1. The number of aryl methyl sites for hydroxylation is 3. The van der Waals surface area contributed by atoms with Crippen LogP contribution in [-0.2, 0) is 0 Å². The van der Waals surface area contributed by atoms with Crippen LogP contribution in [0.1, 0.15) is 29.5 Å². The minimum atomic E-state index is 0.452. The Bertz CT molecular complexity index is 344. The van der Waals surface area contributed by atoms with Gasteiger partial charge in [-0.25, -0.2) is 0 Å². The lowest BCUT2D eigenvalue weighted by atomic mass is 9.93. The van der Waals surface area contributed by atoms with Gasteiger partial charge >= 0.3 is 0 Å². The van der Waals surface area contributed by atoms with E-state index in [1.54, 1.807) is 0 Å². The molecule has 15 heavy (non-hydrogen) atoms. The van der Waals surface area contributed by atoms with Crippen molar-refractivity contribution < 1.29 is 0 Å². The minimum Gasteiger partial charge on any atom is -0.328 e. The SMILES string of the molecule is Cc1cc(C)c(SC2CC(N)C2)c(C)c1. The van der Waals surface area contributed by atoms with Gasteiger partial charge in [-0.05, 0) is 44.7 Å². The van der Waals surface area contributed by atoms with Crippen LogP contribution in [-0.4, -0.2) is 11.3 Å². The van der Waals surface area contributed by atoms with Crippen LogP contribution in [0, 0.1) is 20.8 Å².